The average Bonchev–Trinajstić information content (AvgIpc) is 2.15. The van der Waals surface area contributed by atoms with E-state index in [1.807, 2.05) is 0 Å². The molecule has 0 bridgehead atoms. The Bertz CT molecular complexity index is 198. The number of likely N-dealkylation sites (tertiary alicyclic amines) is 1. The Morgan fingerprint density at radius 2 is 2.08 bits per heavy atom. The summed E-state index contributed by atoms with van der Waals surface area (Å²) >= 11 is 5.42. The van der Waals surface area contributed by atoms with Gasteiger partial charge >= 0.3 is 6.03 Å². The number of Topliss-reactive ketones (excluding diaryl/α,β-unsaturated/α-hetero) is 1. The molecule has 4 nitrogen and oxygen atoms in total. The molecule has 0 aliphatic carbocycles. The highest BCUT2D eigenvalue weighted by Crippen LogP contribution is 2.05. The van der Waals surface area contributed by atoms with E-state index in [4.69, 9.17) is 11.6 Å². The van der Waals surface area contributed by atoms with E-state index in [2.05, 4.69) is 5.32 Å². The minimum Gasteiger partial charge on any atom is -0.337 e. The van der Waals surface area contributed by atoms with E-state index in [1.54, 1.807) is 4.90 Å². The van der Waals surface area contributed by atoms with Crippen molar-refractivity contribution in [2.45, 2.75) is 12.8 Å². The minimum absolute atomic E-state index is 0.117. The van der Waals surface area contributed by atoms with E-state index in [1.165, 1.54) is 0 Å². The van der Waals surface area contributed by atoms with Gasteiger partial charge < -0.3 is 10.2 Å². The van der Waals surface area contributed by atoms with Gasteiger partial charge in [-0.1, -0.05) is 0 Å². The first-order valence-corrected chi connectivity index (χ1v) is 4.88. The molecule has 2 amide bonds. The van der Waals surface area contributed by atoms with Crippen LogP contribution in [-0.4, -0.2) is 42.2 Å². The van der Waals surface area contributed by atoms with Gasteiger partial charge in [-0.25, -0.2) is 4.79 Å². The molecule has 1 aliphatic rings. The number of nitrogens with zero attached hydrogens (tertiary/aromatic N) is 1. The molecule has 1 N–H and O–H groups in total. The molecule has 13 heavy (non-hydrogen) atoms. The van der Waals surface area contributed by atoms with E-state index in [0.29, 0.717) is 38.4 Å². The topological polar surface area (TPSA) is 49.4 Å². The van der Waals surface area contributed by atoms with Gasteiger partial charge in [0, 0.05) is 38.4 Å². The molecular weight excluding hydrogens is 192 g/mol. The molecule has 5 heteroatoms. The zero-order valence-corrected chi connectivity index (χ0v) is 8.14. The zero-order valence-electron chi connectivity index (χ0n) is 7.38. The first-order chi connectivity index (χ1) is 6.24. The van der Waals surface area contributed by atoms with E-state index >= 15 is 0 Å². The summed E-state index contributed by atoms with van der Waals surface area (Å²) in [6.45, 7) is 1.55. The lowest BCUT2D eigenvalue weighted by Crippen LogP contribution is -2.45. The molecule has 0 spiro atoms. The van der Waals surface area contributed by atoms with Gasteiger partial charge in [0.15, 0.2) is 0 Å². The third-order valence-electron chi connectivity index (χ3n) is 1.98. The SMILES string of the molecule is O=C1CCN(C(=O)NCCCl)CC1. The van der Waals surface area contributed by atoms with Crippen LogP contribution in [0.1, 0.15) is 12.8 Å². The Morgan fingerprint density at radius 1 is 1.46 bits per heavy atom. The Morgan fingerprint density at radius 3 is 2.62 bits per heavy atom. The first kappa shape index (κ1) is 10.3. The Hall–Kier alpha value is -0.770. The summed E-state index contributed by atoms with van der Waals surface area (Å²) in [7, 11) is 0. The maximum atomic E-state index is 11.3. The van der Waals surface area contributed by atoms with Crippen LogP contribution >= 0.6 is 11.6 Å². The number of ketones is 1. The molecule has 0 atom stereocenters. The third-order valence-corrected chi connectivity index (χ3v) is 2.17. The fourth-order valence-corrected chi connectivity index (χ4v) is 1.32. The molecule has 0 radical (unpaired) electrons. The number of carbonyl (C=O) groups excluding carboxylic acids is 2. The molecule has 0 aromatic heterocycles. The lowest BCUT2D eigenvalue weighted by molar-refractivity contribution is -0.120. The van der Waals surface area contributed by atoms with Crippen molar-refractivity contribution in [3.8, 4) is 0 Å². The predicted octanol–water partition coefficient (Wildman–Crippen LogP) is 0.600. The molecule has 0 aromatic carbocycles. The Kier molecular flexibility index (Phi) is 4.02. The van der Waals surface area contributed by atoms with Crippen molar-refractivity contribution >= 4 is 23.4 Å². The number of halogens is 1. The zero-order chi connectivity index (χ0) is 9.68. The highest BCUT2D eigenvalue weighted by atomic mass is 35.5. The standard InChI is InChI=1S/C8H13ClN2O2/c9-3-4-10-8(13)11-5-1-7(12)2-6-11/h1-6H2,(H,10,13). The number of piperidine rings is 1. The highest BCUT2D eigenvalue weighted by molar-refractivity contribution is 6.18. The van der Waals surface area contributed by atoms with E-state index in [-0.39, 0.29) is 11.8 Å². The largest absolute Gasteiger partial charge is 0.337 e. The summed E-state index contributed by atoms with van der Waals surface area (Å²) in [6, 6.07) is -0.117. The van der Waals surface area contributed by atoms with Crippen molar-refractivity contribution in [3.05, 3.63) is 0 Å². The predicted molar refractivity (Wildman–Crippen MR) is 49.9 cm³/mol. The number of rotatable bonds is 2. The van der Waals surface area contributed by atoms with Crippen LogP contribution in [0.3, 0.4) is 0 Å². The molecule has 1 fully saturated rings. The van der Waals surface area contributed by atoms with Crippen molar-refractivity contribution in [1.29, 1.82) is 0 Å². The number of amides is 2. The van der Waals surface area contributed by atoms with Crippen LogP contribution in [0.5, 0.6) is 0 Å². The number of nitrogens with one attached hydrogen (secondary N) is 1. The smallest absolute Gasteiger partial charge is 0.317 e. The second-order valence-corrected chi connectivity index (χ2v) is 3.32. The van der Waals surface area contributed by atoms with Crippen molar-refractivity contribution in [2.75, 3.05) is 25.5 Å². The summed E-state index contributed by atoms with van der Waals surface area (Å²) in [5.41, 5.74) is 0. The van der Waals surface area contributed by atoms with Crippen LogP contribution in [0.2, 0.25) is 0 Å². The van der Waals surface area contributed by atoms with E-state index < -0.39 is 0 Å². The van der Waals surface area contributed by atoms with Crippen molar-refractivity contribution in [2.24, 2.45) is 0 Å². The molecule has 1 aliphatic heterocycles. The minimum atomic E-state index is -0.117. The van der Waals surface area contributed by atoms with Crippen LogP contribution < -0.4 is 5.32 Å². The van der Waals surface area contributed by atoms with E-state index in [0.717, 1.165) is 0 Å². The van der Waals surface area contributed by atoms with Gasteiger partial charge in [-0.2, -0.15) is 0 Å². The summed E-state index contributed by atoms with van der Waals surface area (Å²) in [5.74, 6) is 0.653. The van der Waals surface area contributed by atoms with Crippen molar-refractivity contribution in [3.63, 3.8) is 0 Å². The van der Waals surface area contributed by atoms with Gasteiger partial charge in [-0.05, 0) is 0 Å². The molecule has 0 saturated carbocycles. The number of hydrogen-bond donors (Lipinski definition) is 1. The average molecular weight is 205 g/mol. The monoisotopic (exact) mass is 204 g/mol. The molecule has 1 heterocycles. The second kappa shape index (κ2) is 5.07. The normalized spacial score (nSPS) is 17.3. The van der Waals surface area contributed by atoms with Crippen LogP contribution in [-0.2, 0) is 4.79 Å². The third kappa shape index (κ3) is 3.22. The lowest BCUT2D eigenvalue weighted by Gasteiger charge is -2.25. The van der Waals surface area contributed by atoms with Crippen molar-refractivity contribution in [1.82, 2.24) is 10.2 Å². The van der Waals surface area contributed by atoms with Gasteiger partial charge in [0.1, 0.15) is 5.78 Å². The van der Waals surface area contributed by atoms with Gasteiger partial charge in [0.25, 0.3) is 0 Å². The number of alkyl halides is 1. The number of urea groups is 1. The summed E-state index contributed by atoms with van der Waals surface area (Å²) in [4.78, 5) is 23.8. The van der Waals surface area contributed by atoms with Crippen LogP contribution in [0, 0.1) is 0 Å². The van der Waals surface area contributed by atoms with Gasteiger partial charge in [0.05, 0.1) is 0 Å². The highest BCUT2D eigenvalue weighted by Gasteiger charge is 2.19. The van der Waals surface area contributed by atoms with Crippen LogP contribution in [0.25, 0.3) is 0 Å². The van der Waals surface area contributed by atoms with Gasteiger partial charge in [-0.15, -0.1) is 11.6 Å². The van der Waals surface area contributed by atoms with Gasteiger partial charge in [0.2, 0.25) is 0 Å². The summed E-state index contributed by atoms with van der Waals surface area (Å²) < 4.78 is 0. The molecule has 0 aromatic rings. The molecule has 0 unspecified atom stereocenters. The molecule has 1 saturated heterocycles. The summed E-state index contributed by atoms with van der Waals surface area (Å²) in [6.07, 6.45) is 0.961. The molecular formula is C8H13ClN2O2. The van der Waals surface area contributed by atoms with Crippen LogP contribution in [0.15, 0.2) is 0 Å². The second-order valence-electron chi connectivity index (χ2n) is 2.95. The maximum Gasteiger partial charge on any atom is 0.317 e. The lowest BCUT2D eigenvalue weighted by atomic mass is 10.1. The molecule has 74 valence electrons. The Labute approximate surface area is 82.2 Å². The van der Waals surface area contributed by atoms with Crippen molar-refractivity contribution < 1.29 is 9.59 Å². The summed E-state index contributed by atoms with van der Waals surface area (Å²) in [5, 5.41) is 2.66. The molecule has 1 rings (SSSR count). The first-order valence-electron chi connectivity index (χ1n) is 4.34. The van der Waals surface area contributed by atoms with Crippen LogP contribution in [0.4, 0.5) is 4.79 Å². The number of hydrogen-bond acceptors (Lipinski definition) is 2. The fourth-order valence-electron chi connectivity index (χ4n) is 1.23. The van der Waals surface area contributed by atoms with E-state index in [9.17, 15) is 9.59 Å². The maximum absolute atomic E-state index is 11.3. The van der Waals surface area contributed by atoms with Gasteiger partial charge in [-0.3, -0.25) is 4.79 Å². The quantitative estimate of drug-likeness (QED) is 0.670. The number of carbonyl (C=O) groups is 2. The Balaban J connectivity index is 2.27. The fraction of sp³-hybridized carbons (Fsp3) is 0.750.